The SMILES string of the molecule is CC1=CC[C@H]2C(=O)N(c3ccc(C(=O)Nc4cc(C)cc(C)c4)cc3)C(=O)[C@@H]2C1. The van der Waals surface area contributed by atoms with Crippen LogP contribution in [0.2, 0.25) is 0 Å². The molecule has 0 radical (unpaired) electrons. The average Bonchev–Trinajstić information content (AvgIpc) is 2.91. The highest BCUT2D eigenvalue weighted by atomic mass is 16.2. The Morgan fingerprint density at radius 3 is 2.21 bits per heavy atom. The van der Waals surface area contributed by atoms with Gasteiger partial charge in [-0.3, -0.25) is 19.3 Å². The van der Waals surface area contributed by atoms with E-state index in [4.69, 9.17) is 0 Å². The van der Waals surface area contributed by atoms with Gasteiger partial charge in [-0.05, 0) is 81.1 Å². The number of amides is 3. The van der Waals surface area contributed by atoms with Crippen molar-refractivity contribution in [3.8, 4) is 0 Å². The number of fused-ring (bicyclic) bond motifs is 1. The molecule has 1 fully saturated rings. The third-order valence-electron chi connectivity index (χ3n) is 5.69. The Bertz CT molecular complexity index is 1020. The van der Waals surface area contributed by atoms with Crippen molar-refractivity contribution >= 4 is 29.1 Å². The van der Waals surface area contributed by atoms with Crippen LogP contribution in [0.25, 0.3) is 0 Å². The second-order valence-corrected chi connectivity index (χ2v) is 8.09. The molecule has 5 nitrogen and oxygen atoms in total. The normalized spacial score (nSPS) is 21.1. The molecule has 1 aliphatic carbocycles. The molecule has 0 unspecified atom stereocenters. The van der Waals surface area contributed by atoms with Crippen LogP contribution >= 0.6 is 0 Å². The summed E-state index contributed by atoms with van der Waals surface area (Å²) in [5.74, 6) is -1.04. The van der Waals surface area contributed by atoms with Gasteiger partial charge in [0.1, 0.15) is 0 Å². The van der Waals surface area contributed by atoms with Gasteiger partial charge in [0.05, 0.1) is 17.5 Å². The second-order valence-electron chi connectivity index (χ2n) is 8.09. The molecule has 2 aliphatic rings. The summed E-state index contributed by atoms with van der Waals surface area (Å²) in [5, 5.41) is 2.90. The van der Waals surface area contributed by atoms with Gasteiger partial charge in [-0.25, -0.2) is 0 Å². The predicted octanol–water partition coefficient (Wildman–Crippen LogP) is 4.40. The van der Waals surface area contributed by atoms with Crippen LogP contribution in [0.3, 0.4) is 0 Å². The van der Waals surface area contributed by atoms with Crippen molar-refractivity contribution in [1.82, 2.24) is 0 Å². The Morgan fingerprint density at radius 1 is 0.931 bits per heavy atom. The first-order valence-electron chi connectivity index (χ1n) is 9.86. The quantitative estimate of drug-likeness (QED) is 0.626. The van der Waals surface area contributed by atoms with Crippen LogP contribution in [-0.2, 0) is 9.59 Å². The molecule has 1 heterocycles. The molecular weight excluding hydrogens is 364 g/mol. The molecule has 1 saturated heterocycles. The lowest BCUT2D eigenvalue weighted by Gasteiger charge is -2.18. The number of carbonyl (C=O) groups excluding carboxylic acids is 3. The van der Waals surface area contributed by atoms with Crippen LogP contribution in [0.1, 0.15) is 41.3 Å². The monoisotopic (exact) mass is 388 g/mol. The highest BCUT2D eigenvalue weighted by Crippen LogP contribution is 2.39. The third kappa shape index (κ3) is 3.60. The smallest absolute Gasteiger partial charge is 0.255 e. The van der Waals surface area contributed by atoms with E-state index in [9.17, 15) is 14.4 Å². The van der Waals surface area contributed by atoms with E-state index in [1.54, 1.807) is 24.3 Å². The Balaban J connectivity index is 1.51. The number of hydrogen-bond acceptors (Lipinski definition) is 3. The number of allylic oxidation sites excluding steroid dienone is 2. The fourth-order valence-corrected chi connectivity index (χ4v) is 4.30. The van der Waals surface area contributed by atoms with Crippen LogP contribution in [0.5, 0.6) is 0 Å². The van der Waals surface area contributed by atoms with Crippen LogP contribution < -0.4 is 10.2 Å². The van der Waals surface area contributed by atoms with E-state index in [1.165, 1.54) is 4.90 Å². The number of imide groups is 1. The first-order valence-corrected chi connectivity index (χ1v) is 9.86. The standard InChI is InChI=1S/C24H24N2O3/c1-14-4-9-20-21(13-14)24(29)26(23(20)28)19-7-5-17(6-8-19)22(27)25-18-11-15(2)10-16(3)12-18/h4-8,10-12,20-21H,9,13H2,1-3H3,(H,25,27)/t20-,21-/m1/s1. The molecule has 5 heteroatoms. The number of benzene rings is 2. The van der Waals surface area contributed by atoms with Crippen molar-refractivity contribution in [2.75, 3.05) is 10.2 Å². The van der Waals surface area contributed by atoms with Gasteiger partial charge in [0.25, 0.3) is 5.91 Å². The summed E-state index contributed by atoms with van der Waals surface area (Å²) in [6, 6.07) is 12.5. The van der Waals surface area contributed by atoms with Crippen LogP contribution in [0.4, 0.5) is 11.4 Å². The molecule has 0 aromatic heterocycles. The van der Waals surface area contributed by atoms with Crippen molar-refractivity contribution < 1.29 is 14.4 Å². The molecule has 0 bridgehead atoms. The highest BCUT2D eigenvalue weighted by molar-refractivity contribution is 6.22. The Morgan fingerprint density at radius 2 is 1.55 bits per heavy atom. The molecular formula is C24H24N2O3. The van der Waals surface area contributed by atoms with Crippen LogP contribution in [0, 0.1) is 25.7 Å². The van der Waals surface area contributed by atoms with Crippen molar-refractivity contribution in [1.29, 1.82) is 0 Å². The van der Waals surface area contributed by atoms with Gasteiger partial charge in [-0.1, -0.05) is 17.7 Å². The molecule has 29 heavy (non-hydrogen) atoms. The number of aryl methyl sites for hydroxylation is 2. The predicted molar refractivity (Wildman–Crippen MR) is 113 cm³/mol. The van der Waals surface area contributed by atoms with Crippen LogP contribution in [0.15, 0.2) is 54.1 Å². The molecule has 0 saturated carbocycles. The van der Waals surface area contributed by atoms with E-state index in [0.29, 0.717) is 24.1 Å². The van der Waals surface area contributed by atoms with Crippen molar-refractivity contribution in [2.24, 2.45) is 11.8 Å². The molecule has 1 aliphatic heterocycles. The summed E-state index contributed by atoms with van der Waals surface area (Å²) in [4.78, 5) is 39.5. The van der Waals surface area contributed by atoms with Gasteiger partial charge < -0.3 is 5.32 Å². The maximum atomic E-state index is 12.8. The van der Waals surface area contributed by atoms with E-state index in [1.807, 2.05) is 39.0 Å². The number of rotatable bonds is 3. The molecule has 4 rings (SSSR count). The van der Waals surface area contributed by atoms with E-state index in [2.05, 4.69) is 11.4 Å². The minimum Gasteiger partial charge on any atom is -0.322 e. The molecule has 148 valence electrons. The first kappa shape index (κ1) is 19.1. The lowest BCUT2D eigenvalue weighted by molar-refractivity contribution is -0.122. The van der Waals surface area contributed by atoms with E-state index in [-0.39, 0.29) is 29.6 Å². The Labute approximate surface area is 170 Å². The van der Waals surface area contributed by atoms with Gasteiger partial charge in [0, 0.05) is 11.3 Å². The van der Waals surface area contributed by atoms with Crippen molar-refractivity contribution in [2.45, 2.75) is 33.6 Å². The molecule has 3 amide bonds. The summed E-state index contributed by atoms with van der Waals surface area (Å²) in [7, 11) is 0. The van der Waals surface area contributed by atoms with Gasteiger partial charge in [0.15, 0.2) is 0 Å². The molecule has 2 atom stereocenters. The first-order chi connectivity index (χ1) is 13.8. The Hall–Kier alpha value is -3.21. The lowest BCUT2D eigenvalue weighted by Crippen LogP contribution is -2.30. The van der Waals surface area contributed by atoms with E-state index < -0.39 is 0 Å². The fraction of sp³-hybridized carbons (Fsp3) is 0.292. The number of nitrogens with zero attached hydrogens (tertiary/aromatic N) is 1. The molecule has 1 N–H and O–H groups in total. The minimum atomic E-state index is -0.265. The minimum absolute atomic E-state index is 0.139. The third-order valence-corrected chi connectivity index (χ3v) is 5.69. The number of anilines is 2. The van der Waals surface area contributed by atoms with Crippen molar-refractivity contribution in [3.63, 3.8) is 0 Å². The zero-order chi connectivity index (χ0) is 20.7. The zero-order valence-electron chi connectivity index (χ0n) is 16.9. The van der Waals surface area contributed by atoms with Gasteiger partial charge in [-0.15, -0.1) is 0 Å². The highest BCUT2D eigenvalue weighted by Gasteiger charge is 2.48. The fourth-order valence-electron chi connectivity index (χ4n) is 4.30. The summed E-state index contributed by atoms with van der Waals surface area (Å²) >= 11 is 0. The molecule has 2 aromatic rings. The van der Waals surface area contributed by atoms with Crippen LogP contribution in [-0.4, -0.2) is 17.7 Å². The lowest BCUT2D eigenvalue weighted by atomic mass is 9.82. The van der Waals surface area contributed by atoms with Gasteiger partial charge >= 0.3 is 0 Å². The second kappa shape index (κ2) is 7.32. The summed E-state index contributed by atoms with van der Waals surface area (Å²) in [5.41, 5.74) is 5.05. The van der Waals surface area contributed by atoms with Gasteiger partial charge in [-0.2, -0.15) is 0 Å². The maximum Gasteiger partial charge on any atom is 0.255 e. The van der Waals surface area contributed by atoms with E-state index in [0.717, 1.165) is 22.4 Å². The van der Waals surface area contributed by atoms with Gasteiger partial charge in [0.2, 0.25) is 11.8 Å². The molecule has 0 spiro atoms. The number of hydrogen-bond donors (Lipinski definition) is 1. The summed E-state index contributed by atoms with van der Waals surface area (Å²) in [6.07, 6.45) is 3.31. The van der Waals surface area contributed by atoms with E-state index >= 15 is 0 Å². The average molecular weight is 388 g/mol. The number of carbonyl (C=O) groups is 3. The zero-order valence-corrected chi connectivity index (χ0v) is 16.9. The summed E-state index contributed by atoms with van der Waals surface area (Å²) < 4.78 is 0. The summed E-state index contributed by atoms with van der Waals surface area (Å²) in [6.45, 7) is 5.96. The topological polar surface area (TPSA) is 66.5 Å². The largest absolute Gasteiger partial charge is 0.322 e. The number of nitrogens with one attached hydrogen (secondary N) is 1. The Kier molecular flexibility index (Phi) is 4.82. The van der Waals surface area contributed by atoms with Crippen molar-refractivity contribution in [3.05, 3.63) is 70.8 Å². The molecule has 2 aromatic carbocycles. The maximum absolute atomic E-state index is 12.8.